The highest BCUT2D eigenvalue weighted by atomic mass is 32.2. The van der Waals surface area contributed by atoms with E-state index >= 15 is 0 Å². The number of fused-ring (bicyclic) bond motifs is 5. The fourth-order valence-corrected chi connectivity index (χ4v) is 8.77. The van der Waals surface area contributed by atoms with Gasteiger partial charge in [-0.3, -0.25) is 4.79 Å². The van der Waals surface area contributed by atoms with Crippen molar-refractivity contribution in [2.45, 2.75) is 81.4 Å². The van der Waals surface area contributed by atoms with Crippen LogP contribution in [-0.4, -0.2) is 60.2 Å². The van der Waals surface area contributed by atoms with Crippen LogP contribution >= 0.6 is 0 Å². The van der Waals surface area contributed by atoms with Gasteiger partial charge in [0, 0.05) is 18.4 Å². The van der Waals surface area contributed by atoms with Gasteiger partial charge < -0.3 is 25.6 Å². The summed E-state index contributed by atoms with van der Waals surface area (Å²) in [7, 11) is -3.96. The monoisotopic (exact) mass is 648 g/mol. The van der Waals surface area contributed by atoms with Crippen molar-refractivity contribution >= 4 is 21.8 Å². The Hall–Kier alpha value is -3.73. The van der Waals surface area contributed by atoms with Crippen LogP contribution in [0.5, 0.6) is 0 Å². The van der Waals surface area contributed by atoms with Crippen LogP contribution in [0.15, 0.2) is 78.9 Å². The molecule has 4 N–H and O–H groups in total. The van der Waals surface area contributed by atoms with Crippen LogP contribution in [0.4, 0.5) is 4.79 Å². The Bertz CT molecular complexity index is 1640. The molecule has 9 nitrogen and oxygen atoms in total. The first-order valence-electron chi connectivity index (χ1n) is 15.8. The molecule has 0 spiro atoms. The largest absolute Gasteiger partial charge is 0.444 e. The number of ether oxygens (including phenoxy) is 1. The van der Waals surface area contributed by atoms with E-state index in [1.807, 2.05) is 54.6 Å². The molecule has 5 atom stereocenters. The second kappa shape index (κ2) is 13.6. The maximum absolute atomic E-state index is 14.1. The van der Waals surface area contributed by atoms with Crippen LogP contribution in [0.25, 0.3) is 0 Å². The number of hydrogen-bond acceptors (Lipinski definition) is 7. The molecule has 3 aliphatic rings. The quantitative estimate of drug-likeness (QED) is 0.270. The fourth-order valence-electron chi connectivity index (χ4n) is 6.75. The summed E-state index contributed by atoms with van der Waals surface area (Å²) in [5.41, 5.74) is 1.08. The summed E-state index contributed by atoms with van der Waals surface area (Å²) in [5, 5.41) is 26.8. The first-order valence-corrected chi connectivity index (χ1v) is 17.6. The molecule has 1 saturated heterocycles. The zero-order valence-corrected chi connectivity index (χ0v) is 27.4. The van der Waals surface area contributed by atoms with Crippen molar-refractivity contribution in [2.24, 2.45) is 5.92 Å². The van der Waals surface area contributed by atoms with Crippen molar-refractivity contribution in [3.05, 3.63) is 107 Å². The SMILES string of the molecule is CC(C)(C)OC(=O)N[C@@H](Cc1ccccc1)[C@]1(O)C[C@@H](Cc2ccc(CCCO)cc2)C(=O)NC2c3ccccc3C1CS2(=O)=O. The predicted octanol–water partition coefficient (Wildman–Crippen LogP) is 4.37. The number of sulfone groups is 1. The first-order chi connectivity index (χ1) is 21.8. The van der Waals surface area contributed by atoms with Crippen molar-refractivity contribution in [2.75, 3.05) is 12.4 Å². The molecule has 2 unspecified atom stereocenters. The van der Waals surface area contributed by atoms with Gasteiger partial charge in [-0.1, -0.05) is 78.9 Å². The van der Waals surface area contributed by atoms with Crippen molar-refractivity contribution in [3.63, 3.8) is 0 Å². The fraction of sp³-hybridized carbons (Fsp3) is 0.444. The normalized spacial score (nSPS) is 24.5. The van der Waals surface area contributed by atoms with Crippen molar-refractivity contribution in [1.29, 1.82) is 0 Å². The molecule has 0 aromatic heterocycles. The lowest BCUT2D eigenvalue weighted by molar-refractivity contribution is -0.128. The lowest BCUT2D eigenvalue weighted by Gasteiger charge is -2.45. The van der Waals surface area contributed by atoms with Crippen LogP contribution in [0, 0.1) is 5.92 Å². The van der Waals surface area contributed by atoms with Gasteiger partial charge in [0.1, 0.15) is 5.60 Å². The number of aliphatic hydroxyl groups is 2. The second-order valence-corrected chi connectivity index (χ2v) is 15.7. The second-order valence-electron chi connectivity index (χ2n) is 13.5. The zero-order valence-electron chi connectivity index (χ0n) is 26.6. The Labute approximate surface area is 271 Å². The Morgan fingerprint density at radius 1 is 0.978 bits per heavy atom. The van der Waals surface area contributed by atoms with Crippen LogP contribution < -0.4 is 10.6 Å². The standard InChI is InChI=1S/C36H44N2O7S/c1-35(2,3)45-34(41)37-31(21-25-10-5-4-6-11-25)36(42)22-27(20-26-17-15-24(16-18-26)12-9-19-39)32(40)38-33-29-14-8-7-13-28(29)30(36)23-46(33,43)44/h4-8,10-11,13-18,27,30-31,33,39,42H,9,12,19-23H2,1-3H3,(H,37,41)(H,38,40)/t27-,30?,31+,33?,36+/m1/s1. The summed E-state index contributed by atoms with van der Waals surface area (Å²) < 4.78 is 33.4. The van der Waals surface area contributed by atoms with E-state index in [1.165, 1.54) is 0 Å². The third-order valence-corrected chi connectivity index (χ3v) is 10.8. The minimum Gasteiger partial charge on any atom is -0.444 e. The summed E-state index contributed by atoms with van der Waals surface area (Å²) in [5.74, 6) is -2.65. The third-order valence-electron chi connectivity index (χ3n) is 8.94. The minimum atomic E-state index is -3.96. The highest BCUT2D eigenvalue weighted by Crippen LogP contribution is 2.48. The summed E-state index contributed by atoms with van der Waals surface area (Å²) in [6, 6.07) is 23.1. The van der Waals surface area contributed by atoms with Crippen molar-refractivity contribution in [1.82, 2.24) is 10.6 Å². The van der Waals surface area contributed by atoms with Gasteiger partial charge in [-0.2, -0.15) is 0 Å². The maximum atomic E-state index is 14.1. The molecule has 3 aromatic carbocycles. The van der Waals surface area contributed by atoms with Gasteiger partial charge >= 0.3 is 6.09 Å². The molecule has 246 valence electrons. The van der Waals surface area contributed by atoms with E-state index in [1.54, 1.807) is 45.0 Å². The number of carbonyl (C=O) groups is 2. The molecule has 0 radical (unpaired) electrons. The highest BCUT2D eigenvalue weighted by molar-refractivity contribution is 7.91. The first kappa shape index (κ1) is 33.6. The number of amides is 2. The molecule has 3 heterocycles. The Kier molecular flexibility index (Phi) is 9.91. The van der Waals surface area contributed by atoms with Gasteiger partial charge in [-0.25, -0.2) is 13.2 Å². The topological polar surface area (TPSA) is 142 Å². The number of alkyl carbamates (subject to hydrolysis) is 1. The average molecular weight is 649 g/mol. The molecule has 0 aliphatic carbocycles. The third kappa shape index (κ3) is 7.62. The van der Waals surface area contributed by atoms with E-state index in [2.05, 4.69) is 10.6 Å². The molecule has 2 amide bonds. The van der Waals surface area contributed by atoms with E-state index in [-0.39, 0.29) is 25.9 Å². The molecule has 3 aliphatic heterocycles. The van der Waals surface area contributed by atoms with E-state index < -0.39 is 62.0 Å². The van der Waals surface area contributed by atoms with Gasteiger partial charge in [0.15, 0.2) is 15.2 Å². The Morgan fingerprint density at radius 3 is 2.26 bits per heavy atom. The van der Waals surface area contributed by atoms with Crippen molar-refractivity contribution < 1.29 is 33.0 Å². The van der Waals surface area contributed by atoms with Gasteiger partial charge in [0.2, 0.25) is 5.91 Å². The number of nitrogens with one attached hydrogen (secondary N) is 2. The van der Waals surface area contributed by atoms with Gasteiger partial charge in [-0.05, 0) is 80.7 Å². The number of rotatable bonds is 9. The molecule has 2 bridgehead atoms. The number of aliphatic hydroxyl groups excluding tert-OH is 1. The molecule has 0 saturated carbocycles. The van der Waals surface area contributed by atoms with Crippen LogP contribution in [0.1, 0.15) is 72.7 Å². The van der Waals surface area contributed by atoms with E-state index in [0.717, 1.165) is 23.1 Å². The van der Waals surface area contributed by atoms with E-state index in [0.29, 0.717) is 17.5 Å². The lowest BCUT2D eigenvalue weighted by Crippen LogP contribution is -2.60. The summed E-state index contributed by atoms with van der Waals surface area (Å²) in [4.78, 5) is 27.4. The molecule has 6 rings (SSSR count). The molecular weight excluding hydrogens is 604 g/mol. The molecule has 10 heteroatoms. The van der Waals surface area contributed by atoms with Crippen LogP contribution in [0.3, 0.4) is 0 Å². The molecule has 1 fully saturated rings. The number of benzene rings is 3. The molecule has 3 aromatic rings. The summed E-state index contributed by atoms with van der Waals surface area (Å²) >= 11 is 0. The number of hydrogen-bond donors (Lipinski definition) is 4. The molecule has 46 heavy (non-hydrogen) atoms. The average Bonchev–Trinajstić information content (AvgIpc) is 3.05. The lowest BCUT2D eigenvalue weighted by atomic mass is 9.70. The van der Waals surface area contributed by atoms with Crippen molar-refractivity contribution in [3.8, 4) is 0 Å². The molecular formula is C36H44N2O7S. The Balaban J connectivity index is 1.62. The summed E-state index contributed by atoms with van der Waals surface area (Å²) in [6.07, 6.45) is 0.923. The number of aryl methyl sites for hydroxylation is 1. The van der Waals surface area contributed by atoms with E-state index in [4.69, 9.17) is 4.74 Å². The summed E-state index contributed by atoms with van der Waals surface area (Å²) in [6.45, 7) is 5.32. The van der Waals surface area contributed by atoms with E-state index in [9.17, 15) is 28.2 Å². The zero-order chi connectivity index (χ0) is 33.1. The van der Waals surface area contributed by atoms with Crippen LogP contribution in [-0.2, 0) is 38.6 Å². The smallest absolute Gasteiger partial charge is 0.407 e. The Morgan fingerprint density at radius 2 is 1.61 bits per heavy atom. The minimum absolute atomic E-state index is 0.0949. The number of carbonyl (C=O) groups excluding carboxylic acids is 2. The van der Waals surface area contributed by atoms with Gasteiger partial charge in [0.25, 0.3) is 0 Å². The highest BCUT2D eigenvalue weighted by Gasteiger charge is 2.55. The maximum Gasteiger partial charge on any atom is 0.407 e. The van der Waals surface area contributed by atoms with Gasteiger partial charge in [-0.15, -0.1) is 0 Å². The van der Waals surface area contributed by atoms with Gasteiger partial charge in [0.05, 0.1) is 17.4 Å². The predicted molar refractivity (Wildman–Crippen MR) is 176 cm³/mol. The van der Waals surface area contributed by atoms with Crippen LogP contribution in [0.2, 0.25) is 0 Å².